The van der Waals surface area contributed by atoms with Gasteiger partial charge < -0.3 is 4.90 Å². The molecule has 1 fully saturated rings. The molecule has 1 amide bonds. The second-order valence-corrected chi connectivity index (χ2v) is 7.71. The molecule has 4 nitrogen and oxygen atoms in total. The van der Waals surface area contributed by atoms with Crippen LogP contribution in [-0.4, -0.2) is 43.3 Å². The summed E-state index contributed by atoms with van der Waals surface area (Å²) in [5.41, 5.74) is 0. The van der Waals surface area contributed by atoms with E-state index in [0.717, 1.165) is 6.42 Å². The fourth-order valence-electron chi connectivity index (χ4n) is 2.25. The molecule has 0 saturated carbocycles. The second-order valence-electron chi connectivity index (χ2n) is 4.53. The Morgan fingerprint density at radius 1 is 1.56 bits per heavy atom. The summed E-state index contributed by atoms with van der Waals surface area (Å²) in [5, 5.41) is 1.86. The molecule has 100 valence electrons. The summed E-state index contributed by atoms with van der Waals surface area (Å²) in [6.45, 7) is 2.62. The average Bonchev–Trinajstić information content (AvgIpc) is 2.94. The van der Waals surface area contributed by atoms with E-state index in [2.05, 4.69) is 0 Å². The average molecular weight is 287 g/mol. The number of carbonyl (C=O) groups is 1. The molecule has 2 rings (SSSR count). The predicted octanol–water partition coefficient (Wildman–Crippen LogP) is 1.79. The van der Waals surface area contributed by atoms with E-state index in [-0.39, 0.29) is 23.5 Å². The Balaban J connectivity index is 2.16. The summed E-state index contributed by atoms with van der Waals surface area (Å²) in [6, 6.07) is 3.48. The number of hydrogen-bond acceptors (Lipinski definition) is 4. The normalized spacial score (nSPS) is 21.9. The summed E-state index contributed by atoms with van der Waals surface area (Å²) >= 11 is 1.40. The molecule has 0 N–H and O–H groups in total. The summed E-state index contributed by atoms with van der Waals surface area (Å²) in [7, 11) is -2.95. The van der Waals surface area contributed by atoms with Crippen LogP contribution >= 0.6 is 11.3 Å². The molecule has 1 aliphatic heterocycles. The van der Waals surface area contributed by atoms with E-state index in [1.807, 2.05) is 18.4 Å². The summed E-state index contributed by atoms with van der Waals surface area (Å²) in [4.78, 5) is 14.8. The third-order valence-electron chi connectivity index (χ3n) is 3.11. The van der Waals surface area contributed by atoms with E-state index in [4.69, 9.17) is 0 Å². The van der Waals surface area contributed by atoms with Crippen LogP contribution in [-0.2, 0) is 9.84 Å². The Hall–Kier alpha value is -0.880. The molecule has 1 aromatic rings. The summed E-state index contributed by atoms with van der Waals surface area (Å²) in [5.74, 6) is 0.286. The molecule has 1 aliphatic rings. The molecule has 1 atom stereocenters. The van der Waals surface area contributed by atoms with Gasteiger partial charge in [-0.05, 0) is 24.3 Å². The molecule has 6 heteroatoms. The van der Waals surface area contributed by atoms with Crippen LogP contribution in [0.5, 0.6) is 0 Å². The zero-order valence-corrected chi connectivity index (χ0v) is 12.0. The van der Waals surface area contributed by atoms with Crippen molar-refractivity contribution in [2.45, 2.75) is 25.8 Å². The number of thiophene rings is 1. The topological polar surface area (TPSA) is 54.5 Å². The minimum atomic E-state index is -2.95. The van der Waals surface area contributed by atoms with E-state index in [0.29, 0.717) is 17.8 Å². The van der Waals surface area contributed by atoms with Crippen molar-refractivity contribution in [2.24, 2.45) is 0 Å². The molecule has 2 heterocycles. The van der Waals surface area contributed by atoms with Gasteiger partial charge in [0.1, 0.15) is 0 Å². The van der Waals surface area contributed by atoms with Gasteiger partial charge in [0, 0.05) is 12.6 Å². The number of hydrogen-bond donors (Lipinski definition) is 0. The molecule has 1 aromatic heterocycles. The van der Waals surface area contributed by atoms with E-state index in [1.54, 1.807) is 11.0 Å². The SMILES string of the molecule is CCCN(C(=O)c1cccs1)C1CCS(=O)(=O)C1. The van der Waals surface area contributed by atoms with Crippen molar-refractivity contribution in [3.8, 4) is 0 Å². The lowest BCUT2D eigenvalue weighted by molar-refractivity contribution is 0.0702. The fraction of sp³-hybridized carbons (Fsp3) is 0.583. The Kier molecular flexibility index (Phi) is 4.07. The lowest BCUT2D eigenvalue weighted by Gasteiger charge is -2.27. The molecule has 0 aromatic carbocycles. The standard InChI is InChI=1S/C12H17NO3S2/c1-2-6-13(10-5-8-18(15,16)9-10)12(14)11-4-3-7-17-11/h3-4,7,10H,2,5-6,8-9H2,1H3. The molecular formula is C12H17NO3S2. The van der Waals surface area contributed by atoms with Gasteiger partial charge in [-0.15, -0.1) is 11.3 Å². The minimum Gasteiger partial charge on any atom is -0.334 e. The van der Waals surface area contributed by atoms with Crippen molar-refractivity contribution >= 4 is 27.1 Å². The van der Waals surface area contributed by atoms with Gasteiger partial charge in [-0.1, -0.05) is 13.0 Å². The van der Waals surface area contributed by atoms with E-state index >= 15 is 0 Å². The molecular weight excluding hydrogens is 270 g/mol. The first kappa shape index (κ1) is 13.5. The maximum absolute atomic E-state index is 12.3. The van der Waals surface area contributed by atoms with Gasteiger partial charge in [0.15, 0.2) is 9.84 Å². The monoisotopic (exact) mass is 287 g/mol. The molecule has 0 radical (unpaired) electrons. The van der Waals surface area contributed by atoms with E-state index in [1.165, 1.54) is 11.3 Å². The van der Waals surface area contributed by atoms with Crippen LogP contribution in [0.4, 0.5) is 0 Å². The van der Waals surface area contributed by atoms with Crippen molar-refractivity contribution < 1.29 is 13.2 Å². The molecule has 18 heavy (non-hydrogen) atoms. The minimum absolute atomic E-state index is 0.0334. The smallest absolute Gasteiger partial charge is 0.264 e. The highest BCUT2D eigenvalue weighted by molar-refractivity contribution is 7.91. The lowest BCUT2D eigenvalue weighted by atomic mass is 10.2. The van der Waals surface area contributed by atoms with Crippen LogP contribution in [0.15, 0.2) is 17.5 Å². The highest BCUT2D eigenvalue weighted by atomic mass is 32.2. The van der Waals surface area contributed by atoms with Gasteiger partial charge >= 0.3 is 0 Å². The fourth-order valence-corrected chi connectivity index (χ4v) is 4.66. The number of carbonyl (C=O) groups excluding carboxylic acids is 1. The summed E-state index contributed by atoms with van der Waals surface area (Å²) in [6.07, 6.45) is 1.41. The molecule has 0 bridgehead atoms. The zero-order valence-electron chi connectivity index (χ0n) is 10.3. The van der Waals surface area contributed by atoms with Gasteiger partial charge in [-0.25, -0.2) is 8.42 Å². The van der Waals surface area contributed by atoms with Crippen molar-refractivity contribution in [1.29, 1.82) is 0 Å². The Bertz CT molecular complexity index is 507. The Morgan fingerprint density at radius 3 is 2.83 bits per heavy atom. The van der Waals surface area contributed by atoms with Gasteiger partial charge in [0.2, 0.25) is 0 Å². The van der Waals surface area contributed by atoms with Gasteiger partial charge in [0.25, 0.3) is 5.91 Å². The van der Waals surface area contributed by atoms with Crippen molar-refractivity contribution in [2.75, 3.05) is 18.1 Å². The highest BCUT2D eigenvalue weighted by Gasteiger charge is 2.34. The van der Waals surface area contributed by atoms with Gasteiger partial charge in [0.05, 0.1) is 16.4 Å². The van der Waals surface area contributed by atoms with E-state index in [9.17, 15) is 13.2 Å². The van der Waals surface area contributed by atoms with E-state index < -0.39 is 9.84 Å². The van der Waals surface area contributed by atoms with Crippen molar-refractivity contribution in [3.63, 3.8) is 0 Å². The first-order valence-electron chi connectivity index (χ1n) is 6.08. The van der Waals surface area contributed by atoms with Gasteiger partial charge in [-0.3, -0.25) is 4.79 Å². The number of sulfone groups is 1. The third kappa shape index (κ3) is 2.92. The Morgan fingerprint density at radius 2 is 2.33 bits per heavy atom. The van der Waals surface area contributed by atoms with Crippen molar-refractivity contribution in [1.82, 2.24) is 4.90 Å². The largest absolute Gasteiger partial charge is 0.334 e. The van der Waals surface area contributed by atoms with Crippen LogP contribution in [0, 0.1) is 0 Å². The maximum atomic E-state index is 12.3. The predicted molar refractivity (Wildman–Crippen MR) is 72.7 cm³/mol. The second kappa shape index (κ2) is 5.40. The molecule has 1 saturated heterocycles. The van der Waals surface area contributed by atoms with Crippen LogP contribution in [0.2, 0.25) is 0 Å². The molecule has 0 spiro atoms. The maximum Gasteiger partial charge on any atom is 0.264 e. The van der Waals surface area contributed by atoms with Crippen LogP contribution in [0.1, 0.15) is 29.4 Å². The van der Waals surface area contributed by atoms with Crippen molar-refractivity contribution in [3.05, 3.63) is 22.4 Å². The molecule has 0 aliphatic carbocycles. The lowest BCUT2D eigenvalue weighted by Crippen LogP contribution is -2.41. The van der Waals surface area contributed by atoms with Crippen LogP contribution in [0.25, 0.3) is 0 Å². The van der Waals surface area contributed by atoms with Crippen LogP contribution in [0.3, 0.4) is 0 Å². The first-order valence-corrected chi connectivity index (χ1v) is 8.78. The number of nitrogens with zero attached hydrogens (tertiary/aromatic N) is 1. The number of amides is 1. The summed E-state index contributed by atoms with van der Waals surface area (Å²) < 4.78 is 23.0. The Labute approximate surface area is 112 Å². The quantitative estimate of drug-likeness (QED) is 0.848. The highest BCUT2D eigenvalue weighted by Crippen LogP contribution is 2.21. The zero-order chi connectivity index (χ0) is 13.2. The third-order valence-corrected chi connectivity index (χ3v) is 5.71. The van der Waals surface area contributed by atoms with Gasteiger partial charge in [-0.2, -0.15) is 0 Å². The van der Waals surface area contributed by atoms with Crippen LogP contribution < -0.4 is 0 Å². The first-order chi connectivity index (χ1) is 8.53. The molecule has 1 unspecified atom stereocenters. The number of rotatable bonds is 4.